The van der Waals surface area contributed by atoms with Gasteiger partial charge in [-0.25, -0.2) is 0 Å². The first-order chi connectivity index (χ1) is 7.43. The number of aliphatic hydroxyl groups is 2. The molecule has 2 rings (SSSR count). The second-order valence-electron chi connectivity index (χ2n) is 6.22. The fourth-order valence-corrected chi connectivity index (χ4v) is 6.16. The Morgan fingerprint density at radius 3 is 2.31 bits per heavy atom. The average Bonchev–Trinajstić information content (AvgIpc) is 2.81. The molecule has 0 heterocycles. The molecule has 0 aromatic rings. The Balaban J connectivity index is 2.13. The van der Waals surface area contributed by atoms with E-state index in [2.05, 4.69) is 13.8 Å². The Hall–Kier alpha value is 0.570. The van der Waals surface area contributed by atoms with Crippen molar-refractivity contribution in [3.8, 4) is 0 Å². The summed E-state index contributed by atoms with van der Waals surface area (Å²) in [5.41, 5.74) is 0.372. The van der Waals surface area contributed by atoms with Gasteiger partial charge in [-0.3, -0.25) is 0 Å². The Morgan fingerprint density at radius 2 is 1.88 bits per heavy atom. The second kappa shape index (κ2) is 4.35. The molecular formula is C12H23O2PS. The van der Waals surface area contributed by atoms with Gasteiger partial charge >= 0.3 is 0 Å². The minimum Gasteiger partial charge on any atom is -0.391 e. The van der Waals surface area contributed by atoms with Crippen LogP contribution in [0, 0.1) is 23.2 Å². The van der Waals surface area contributed by atoms with Crippen molar-refractivity contribution in [2.24, 2.45) is 23.2 Å². The number of hydrogen-bond donors (Lipinski definition) is 2. The van der Waals surface area contributed by atoms with E-state index in [1.807, 2.05) is 0 Å². The molecule has 2 aliphatic carbocycles. The Bertz CT molecular complexity index is 308. The molecule has 0 amide bonds. The van der Waals surface area contributed by atoms with Crippen LogP contribution in [-0.4, -0.2) is 29.1 Å². The molecule has 94 valence electrons. The van der Waals surface area contributed by atoms with E-state index < -0.39 is 6.04 Å². The molecule has 0 saturated heterocycles. The molecular weight excluding hydrogens is 239 g/mol. The lowest BCUT2D eigenvalue weighted by Gasteiger charge is -2.40. The van der Waals surface area contributed by atoms with Crippen molar-refractivity contribution in [1.82, 2.24) is 0 Å². The molecule has 2 nitrogen and oxygen atoms in total. The first kappa shape index (κ1) is 13.0. The van der Waals surface area contributed by atoms with Crippen molar-refractivity contribution in [2.75, 3.05) is 18.9 Å². The first-order valence-corrected chi connectivity index (χ1v) is 9.57. The van der Waals surface area contributed by atoms with Crippen molar-refractivity contribution >= 4 is 17.8 Å². The van der Waals surface area contributed by atoms with Gasteiger partial charge in [-0.2, -0.15) is 0 Å². The van der Waals surface area contributed by atoms with Gasteiger partial charge in [-0.1, -0.05) is 25.7 Å². The van der Waals surface area contributed by atoms with Crippen LogP contribution >= 0.6 is 6.04 Å². The largest absolute Gasteiger partial charge is 0.391 e. The van der Waals surface area contributed by atoms with Crippen LogP contribution < -0.4 is 0 Å². The highest BCUT2D eigenvalue weighted by Crippen LogP contribution is 2.63. The van der Waals surface area contributed by atoms with Gasteiger partial charge in [0, 0.05) is 6.04 Å². The fourth-order valence-electron chi connectivity index (χ4n) is 3.87. The van der Waals surface area contributed by atoms with Crippen LogP contribution in [0.25, 0.3) is 0 Å². The number of hydrogen-bond acceptors (Lipinski definition) is 3. The summed E-state index contributed by atoms with van der Waals surface area (Å²) in [6.07, 6.45) is 5.03. The zero-order chi connectivity index (χ0) is 12.0. The molecule has 2 N–H and O–H groups in total. The molecule has 0 aromatic carbocycles. The maximum absolute atomic E-state index is 9.37. The molecule has 0 unspecified atom stereocenters. The van der Waals surface area contributed by atoms with E-state index in [1.165, 1.54) is 19.3 Å². The zero-order valence-corrected chi connectivity index (χ0v) is 11.9. The molecule has 4 heteroatoms. The molecule has 3 atom stereocenters. The predicted octanol–water partition coefficient (Wildman–Crippen LogP) is 2.44. The van der Waals surface area contributed by atoms with Crippen LogP contribution in [-0.2, 0) is 11.8 Å². The van der Waals surface area contributed by atoms with E-state index in [-0.39, 0.29) is 12.7 Å². The van der Waals surface area contributed by atoms with Crippen LogP contribution in [0.5, 0.6) is 0 Å². The molecule has 16 heavy (non-hydrogen) atoms. The third kappa shape index (κ3) is 2.01. The summed E-state index contributed by atoms with van der Waals surface area (Å²) in [5.74, 6) is 2.29. The number of rotatable bonds is 4. The lowest BCUT2D eigenvalue weighted by atomic mass is 9.69. The average molecular weight is 262 g/mol. The van der Waals surface area contributed by atoms with Crippen LogP contribution in [0.1, 0.15) is 33.1 Å². The van der Waals surface area contributed by atoms with E-state index >= 15 is 0 Å². The molecule has 0 radical (unpaired) electrons. The third-order valence-electron chi connectivity index (χ3n) is 5.09. The SMILES string of the molecule is CC1(C)[C@@H]2CC[C@@H](C2)[C@@H]1CP(=S)(CO)CO. The van der Waals surface area contributed by atoms with Crippen molar-refractivity contribution in [3.63, 3.8) is 0 Å². The van der Waals surface area contributed by atoms with E-state index in [1.54, 1.807) is 0 Å². The second-order valence-corrected chi connectivity index (χ2v) is 11.6. The Kier molecular flexibility index (Phi) is 3.54. The summed E-state index contributed by atoms with van der Waals surface area (Å²) in [4.78, 5) is 0. The normalized spacial score (nSPS) is 36.9. The van der Waals surface area contributed by atoms with Gasteiger partial charge in [0.25, 0.3) is 0 Å². The van der Waals surface area contributed by atoms with Crippen molar-refractivity contribution in [1.29, 1.82) is 0 Å². The van der Waals surface area contributed by atoms with E-state index in [9.17, 15) is 10.2 Å². The lowest BCUT2D eigenvalue weighted by molar-refractivity contribution is 0.139. The lowest BCUT2D eigenvalue weighted by Crippen LogP contribution is -2.33. The van der Waals surface area contributed by atoms with Gasteiger partial charge in [-0.05, 0) is 48.6 Å². The number of aliphatic hydroxyl groups excluding tert-OH is 2. The third-order valence-corrected chi connectivity index (χ3v) is 8.32. The van der Waals surface area contributed by atoms with Crippen LogP contribution in [0.15, 0.2) is 0 Å². The summed E-state index contributed by atoms with van der Waals surface area (Å²) >= 11 is 5.47. The predicted molar refractivity (Wildman–Crippen MR) is 71.4 cm³/mol. The molecule has 2 fully saturated rings. The van der Waals surface area contributed by atoms with Gasteiger partial charge in [0.1, 0.15) is 0 Å². The van der Waals surface area contributed by atoms with Gasteiger partial charge in [0.2, 0.25) is 0 Å². The van der Waals surface area contributed by atoms with Crippen LogP contribution in [0.3, 0.4) is 0 Å². The highest BCUT2D eigenvalue weighted by molar-refractivity contribution is 8.14. The molecule has 0 spiro atoms. The van der Waals surface area contributed by atoms with E-state index in [0.717, 1.165) is 18.0 Å². The quantitative estimate of drug-likeness (QED) is 0.765. The minimum atomic E-state index is -1.90. The summed E-state index contributed by atoms with van der Waals surface area (Å²) in [7, 11) is 0. The zero-order valence-electron chi connectivity index (χ0n) is 10.2. The summed E-state index contributed by atoms with van der Waals surface area (Å²) in [6, 6.07) is -1.90. The highest BCUT2D eigenvalue weighted by Gasteiger charge is 2.53. The maximum atomic E-state index is 9.37. The van der Waals surface area contributed by atoms with Crippen molar-refractivity contribution in [2.45, 2.75) is 33.1 Å². The first-order valence-electron chi connectivity index (χ1n) is 6.22. The smallest absolute Gasteiger partial charge is 0.0738 e. The number of fused-ring (bicyclic) bond motifs is 2. The topological polar surface area (TPSA) is 40.5 Å². The van der Waals surface area contributed by atoms with Gasteiger partial charge in [0.05, 0.1) is 12.7 Å². The van der Waals surface area contributed by atoms with Gasteiger partial charge in [-0.15, -0.1) is 0 Å². The highest BCUT2D eigenvalue weighted by atomic mass is 32.4. The molecule has 2 saturated carbocycles. The van der Waals surface area contributed by atoms with Gasteiger partial charge in [0.15, 0.2) is 0 Å². The van der Waals surface area contributed by atoms with Gasteiger partial charge < -0.3 is 10.2 Å². The maximum Gasteiger partial charge on any atom is 0.0738 e. The van der Waals surface area contributed by atoms with E-state index in [0.29, 0.717) is 11.3 Å². The minimum absolute atomic E-state index is 0.0306. The van der Waals surface area contributed by atoms with Crippen LogP contribution in [0.2, 0.25) is 0 Å². The molecule has 0 aliphatic heterocycles. The Labute approximate surface area is 103 Å². The monoisotopic (exact) mass is 262 g/mol. The standard InChI is InChI=1S/C12H23O2PS/c1-12(2)10-4-3-9(5-10)11(12)6-15(16,7-13)8-14/h9-11,13-14H,3-8H2,1-2H3/t9-,10+,11-/m0/s1. The fraction of sp³-hybridized carbons (Fsp3) is 1.00. The van der Waals surface area contributed by atoms with Crippen molar-refractivity contribution < 1.29 is 10.2 Å². The Morgan fingerprint density at radius 1 is 1.25 bits per heavy atom. The molecule has 2 bridgehead atoms. The summed E-state index contributed by atoms with van der Waals surface area (Å²) < 4.78 is 0. The summed E-state index contributed by atoms with van der Waals surface area (Å²) in [6.45, 7) is 4.71. The van der Waals surface area contributed by atoms with Crippen molar-refractivity contribution in [3.05, 3.63) is 0 Å². The van der Waals surface area contributed by atoms with Crippen LogP contribution in [0.4, 0.5) is 0 Å². The van der Waals surface area contributed by atoms with E-state index in [4.69, 9.17) is 11.8 Å². The molecule has 0 aromatic heterocycles. The summed E-state index contributed by atoms with van der Waals surface area (Å²) in [5, 5.41) is 18.7. The molecule has 2 aliphatic rings.